The van der Waals surface area contributed by atoms with E-state index in [-0.39, 0.29) is 5.92 Å². The van der Waals surface area contributed by atoms with Gasteiger partial charge in [0.25, 0.3) is 0 Å². The Morgan fingerprint density at radius 1 is 0.515 bits per heavy atom. The number of aryl methyl sites for hydroxylation is 6. The van der Waals surface area contributed by atoms with Crippen LogP contribution in [-0.4, -0.2) is 30.1 Å². The molecule has 0 aliphatic heterocycles. The normalized spacial score (nSPS) is 20.5. The van der Waals surface area contributed by atoms with Gasteiger partial charge in [-0.2, -0.15) is 0 Å². The van der Waals surface area contributed by atoms with Crippen molar-refractivity contribution in [3.05, 3.63) is 103 Å². The van der Waals surface area contributed by atoms with Crippen molar-refractivity contribution in [1.82, 2.24) is 0 Å². The molecule has 3 aliphatic carbocycles. The minimum atomic E-state index is -3.30. The van der Waals surface area contributed by atoms with Gasteiger partial charge >= 0.3 is 8.80 Å². The van der Waals surface area contributed by atoms with Crippen LogP contribution in [0.5, 0.6) is 0 Å². The molecule has 6 rings (SSSR count). The highest BCUT2D eigenvalue weighted by Crippen LogP contribution is 2.63. The molecule has 4 heteroatoms. The summed E-state index contributed by atoms with van der Waals surface area (Å²) in [7, 11) is 1.94. The minimum absolute atomic E-state index is 0.196. The van der Waals surface area contributed by atoms with Gasteiger partial charge in [0, 0.05) is 27.2 Å². The third-order valence-electron chi connectivity index (χ3n) is 8.41. The van der Waals surface area contributed by atoms with Gasteiger partial charge in [0.2, 0.25) is 0 Å². The topological polar surface area (TPSA) is 27.7 Å². The molecule has 0 unspecified atom stereocenters. The SMILES string of the molecule is CO[Si](OC)(OC)C12c3cc(C)c(C)cc3C(c3cc(C)c(C)cc31)c1cc(C)c(C)cc12. The van der Waals surface area contributed by atoms with E-state index in [1.165, 1.54) is 66.8 Å². The van der Waals surface area contributed by atoms with Crippen LogP contribution in [-0.2, 0) is 18.3 Å². The lowest BCUT2D eigenvalue weighted by atomic mass is 9.59. The Labute approximate surface area is 199 Å². The van der Waals surface area contributed by atoms with Crippen LogP contribution in [0.4, 0.5) is 0 Å². The summed E-state index contributed by atoms with van der Waals surface area (Å²) in [6.45, 7) is 13.2. The molecule has 0 aromatic heterocycles. The zero-order valence-corrected chi connectivity index (χ0v) is 22.3. The number of benzene rings is 3. The fraction of sp³-hybridized carbons (Fsp3) is 0.379. The van der Waals surface area contributed by atoms with Gasteiger partial charge < -0.3 is 13.3 Å². The molecule has 3 aromatic rings. The lowest BCUT2D eigenvalue weighted by Crippen LogP contribution is -2.66. The van der Waals surface area contributed by atoms with Gasteiger partial charge in [0.05, 0.1) is 0 Å². The molecular formula is C29H34O3Si. The van der Waals surface area contributed by atoms with Gasteiger partial charge in [0.15, 0.2) is 0 Å². The van der Waals surface area contributed by atoms with E-state index in [2.05, 4.69) is 77.9 Å². The maximum absolute atomic E-state index is 6.37. The largest absolute Gasteiger partial charge is 0.520 e. The minimum Gasteiger partial charge on any atom is -0.376 e. The van der Waals surface area contributed by atoms with Crippen LogP contribution in [0.2, 0.25) is 0 Å². The average Bonchev–Trinajstić information content (AvgIpc) is 2.78. The van der Waals surface area contributed by atoms with E-state index in [1.807, 2.05) is 0 Å². The summed E-state index contributed by atoms with van der Waals surface area (Å²) in [4.78, 5) is 0. The van der Waals surface area contributed by atoms with Crippen molar-refractivity contribution in [3.8, 4) is 0 Å². The van der Waals surface area contributed by atoms with Crippen LogP contribution in [0.3, 0.4) is 0 Å². The molecule has 0 amide bonds. The molecule has 0 radical (unpaired) electrons. The van der Waals surface area contributed by atoms with E-state index in [0.717, 1.165) is 0 Å². The van der Waals surface area contributed by atoms with Crippen LogP contribution >= 0.6 is 0 Å². The summed E-state index contributed by atoms with van der Waals surface area (Å²) in [5.41, 5.74) is 15.7. The first-order valence-electron chi connectivity index (χ1n) is 11.7. The van der Waals surface area contributed by atoms with Crippen molar-refractivity contribution in [2.75, 3.05) is 21.3 Å². The van der Waals surface area contributed by atoms with Gasteiger partial charge in [-0.05, 0) is 108 Å². The molecule has 3 nitrogen and oxygen atoms in total. The summed E-state index contributed by atoms with van der Waals surface area (Å²) in [5.74, 6) is 0.196. The van der Waals surface area contributed by atoms with E-state index >= 15 is 0 Å². The first-order valence-corrected chi connectivity index (χ1v) is 13.4. The fourth-order valence-electron chi connectivity index (χ4n) is 6.35. The molecule has 2 bridgehead atoms. The maximum atomic E-state index is 6.37. The smallest absolute Gasteiger partial charge is 0.376 e. The lowest BCUT2D eigenvalue weighted by Gasteiger charge is -2.55. The van der Waals surface area contributed by atoms with Crippen LogP contribution in [0.25, 0.3) is 0 Å². The first-order chi connectivity index (χ1) is 15.7. The molecule has 3 aromatic carbocycles. The Balaban J connectivity index is 2.08. The highest BCUT2D eigenvalue weighted by atomic mass is 28.4. The van der Waals surface area contributed by atoms with Crippen LogP contribution < -0.4 is 0 Å². The third kappa shape index (κ3) is 2.61. The third-order valence-corrected chi connectivity index (χ3v) is 11.7. The molecule has 0 heterocycles. The number of hydrogen-bond acceptors (Lipinski definition) is 3. The standard InChI is InChI=1S/C29H34O3Si/c1-16-10-22-25(13-19(16)4)29(33(30-7,31-8)32-9)26-14-20(5)17(2)11-23(26)28(22)24-12-18(3)21(6)15-27(24)29/h10-15,28H,1-9H3. The van der Waals surface area contributed by atoms with Gasteiger partial charge in [0.1, 0.15) is 5.04 Å². The van der Waals surface area contributed by atoms with Gasteiger partial charge in [-0.25, -0.2) is 0 Å². The number of hydrogen-bond donors (Lipinski definition) is 0. The predicted octanol–water partition coefficient (Wildman–Crippen LogP) is 6.10. The zero-order chi connectivity index (χ0) is 23.9. The quantitative estimate of drug-likeness (QED) is 0.443. The van der Waals surface area contributed by atoms with E-state index in [9.17, 15) is 0 Å². The van der Waals surface area contributed by atoms with E-state index < -0.39 is 13.8 Å². The number of rotatable bonds is 4. The summed E-state index contributed by atoms with van der Waals surface area (Å²) in [6, 6.07) is 14.3. The molecule has 0 fully saturated rings. The summed E-state index contributed by atoms with van der Waals surface area (Å²) < 4.78 is 19.1. The van der Waals surface area contributed by atoms with E-state index in [4.69, 9.17) is 13.3 Å². The maximum Gasteiger partial charge on any atom is 0.520 e. The summed E-state index contributed by atoms with van der Waals surface area (Å²) in [5, 5.41) is -0.630. The molecule has 0 N–H and O–H groups in total. The average molecular weight is 459 g/mol. The van der Waals surface area contributed by atoms with E-state index in [1.54, 1.807) is 21.3 Å². The summed E-state index contributed by atoms with van der Waals surface area (Å²) in [6.07, 6.45) is 0. The van der Waals surface area contributed by atoms with Crippen molar-refractivity contribution in [3.63, 3.8) is 0 Å². The van der Waals surface area contributed by atoms with E-state index in [0.29, 0.717) is 0 Å². The second kappa shape index (κ2) is 7.38. The Bertz CT molecular complexity index is 1150. The Kier molecular flexibility index (Phi) is 5.04. The van der Waals surface area contributed by atoms with Gasteiger partial charge in [-0.3, -0.25) is 0 Å². The molecule has 172 valence electrons. The monoisotopic (exact) mass is 458 g/mol. The van der Waals surface area contributed by atoms with Crippen LogP contribution in [0.15, 0.2) is 36.4 Å². The van der Waals surface area contributed by atoms with Crippen LogP contribution in [0.1, 0.15) is 72.7 Å². The molecule has 33 heavy (non-hydrogen) atoms. The highest BCUT2D eigenvalue weighted by Gasteiger charge is 2.69. The predicted molar refractivity (Wildman–Crippen MR) is 135 cm³/mol. The van der Waals surface area contributed by atoms with Crippen molar-refractivity contribution in [2.24, 2.45) is 0 Å². The molecule has 0 spiro atoms. The van der Waals surface area contributed by atoms with Gasteiger partial charge in [-0.15, -0.1) is 0 Å². The molecule has 3 aliphatic rings. The molecule has 0 saturated heterocycles. The fourth-order valence-corrected chi connectivity index (χ4v) is 9.41. The van der Waals surface area contributed by atoms with Crippen molar-refractivity contribution in [1.29, 1.82) is 0 Å². The molecule has 0 atom stereocenters. The first kappa shape index (κ1) is 22.5. The second-order valence-corrected chi connectivity index (χ2v) is 13.0. The van der Waals surface area contributed by atoms with Crippen molar-refractivity contribution < 1.29 is 13.3 Å². The highest BCUT2D eigenvalue weighted by molar-refractivity contribution is 6.66. The molecule has 0 saturated carbocycles. The Morgan fingerprint density at radius 2 is 0.788 bits per heavy atom. The van der Waals surface area contributed by atoms with Crippen molar-refractivity contribution >= 4 is 8.80 Å². The Morgan fingerprint density at radius 3 is 1.06 bits per heavy atom. The Hall–Kier alpha value is -2.24. The van der Waals surface area contributed by atoms with Crippen LogP contribution in [0, 0.1) is 41.5 Å². The van der Waals surface area contributed by atoms with Gasteiger partial charge in [-0.1, -0.05) is 36.4 Å². The lowest BCUT2D eigenvalue weighted by molar-refractivity contribution is 0.103. The molecular weight excluding hydrogens is 424 g/mol. The summed E-state index contributed by atoms with van der Waals surface area (Å²) >= 11 is 0. The second-order valence-electron chi connectivity index (χ2n) is 9.92. The zero-order valence-electron chi connectivity index (χ0n) is 21.3. The van der Waals surface area contributed by atoms with Crippen molar-refractivity contribution in [2.45, 2.75) is 52.5 Å².